The molecule has 3 rings (SSSR count). The van der Waals surface area contributed by atoms with E-state index in [-0.39, 0.29) is 0 Å². The van der Waals surface area contributed by atoms with Crippen molar-refractivity contribution in [3.05, 3.63) is 35.5 Å². The monoisotopic (exact) mass is 287 g/mol. The Morgan fingerprint density at radius 1 is 1.19 bits per heavy atom. The summed E-state index contributed by atoms with van der Waals surface area (Å²) in [5.74, 6) is -0.876. The number of hydrogen-bond donors (Lipinski definition) is 1. The molecule has 2 heterocycles. The lowest BCUT2D eigenvalue weighted by atomic mass is 10.1. The Morgan fingerprint density at radius 2 is 1.90 bits per heavy atom. The van der Waals surface area contributed by atoms with Crippen molar-refractivity contribution in [2.24, 2.45) is 7.05 Å². The highest BCUT2D eigenvalue weighted by atomic mass is 16.4. The van der Waals surface area contributed by atoms with Crippen LogP contribution in [0.3, 0.4) is 0 Å². The molecule has 5 nitrogen and oxygen atoms in total. The van der Waals surface area contributed by atoms with Gasteiger partial charge in [-0.2, -0.15) is 0 Å². The SMILES string of the molecule is CN1CCN(Cc2cn(C)c3cc(C(=O)O)ccc23)CC1. The number of benzene rings is 1. The maximum atomic E-state index is 11.1. The summed E-state index contributed by atoms with van der Waals surface area (Å²) in [7, 11) is 4.13. The number of aromatic carboxylic acids is 1. The lowest BCUT2D eigenvalue weighted by Gasteiger charge is -2.32. The first-order valence-electron chi connectivity index (χ1n) is 7.27. The number of rotatable bonds is 3. The third-order valence-electron chi connectivity index (χ3n) is 4.31. The normalized spacial score (nSPS) is 17.4. The number of hydrogen-bond acceptors (Lipinski definition) is 3. The average Bonchev–Trinajstić information content (AvgIpc) is 2.77. The molecule has 0 unspecified atom stereocenters. The van der Waals surface area contributed by atoms with Crippen LogP contribution in [0, 0.1) is 0 Å². The summed E-state index contributed by atoms with van der Waals surface area (Å²) in [5, 5.41) is 10.3. The van der Waals surface area contributed by atoms with Crippen LogP contribution < -0.4 is 0 Å². The molecule has 1 aromatic heterocycles. The minimum absolute atomic E-state index is 0.342. The van der Waals surface area contributed by atoms with E-state index in [0.29, 0.717) is 5.56 Å². The van der Waals surface area contributed by atoms with E-state index in [0.717, 1.165) is 43.6 Å². The summed E-state index contributed by atoms with van der Waals surface area (Å²) in [6.07, 6.45) is 2.12. The maximum absolute atomic E-state index is 11.1. The molecule has 2 aromatic rings. The number of carboxylic acid groups (broad SMARTS) is 1. The molecule has 0 bridgehead atoms. The van der Waals surface area contributed by atoms with Crippen LogP contribution in [-0.2, 0) is 13.6 Å². The van der Waals surface area contributed by atoms with Gasteiger partial charge >= 0.3 is 5.97 Å². The van der Waals surface area contributed by atoms with Crippen LogP contribution in [0.4, 0.5) is 0 Å². The van der Waals surface area contributed by atoms with Crippen LogP contribution in [0.1, 0.15) is 15.9 Å². The van der Waals surface area contributed by atoms with Crippen molar-refractivity contribution in [2.75, 3.05) is 33.2 Å². The number of piperazine rings is 1. The zero-order chi connectivity index (χ0) is 15.0. The molecule has 0 amide bonds. The van der Waals surface area contributed by atoms with Crippen LogP contribution in [0.25, 0.3) is 10.9 Å². The molecule has 5 heteroatoms. The quantitative estimate of drug-likeness (QED) is 0.932. The van der Waals surface area contributed by atoms with Crippen LogP contribution in [0.15, 0.2) is 24.4 Å². The van der Waals surface area contributed by atoms with Crippen molar-refractivity contribution in [2.45, 2.75) is 6.54 Å². The van der Waals surface area contributed by atoms with E-state index in [4.69, 9.17) is 5.11 Å². The Bertz CT molecular complexity index is 669. The highest BCUT2D eigenvalue weighted by Gasteiger charge is 2.16. The molecular formula is C16H21N3O2. The molecule has 1 saturated heterocycles. The van der Waals surface area contributed by atoms with Crippen molar-refractivity contribution < 1.29 is 9.90 Å². The predicted octanol–water partition coefficient (Wildman–Crippen LogP) is 1.62. The largest absolute Gasteiger partial charge is 0.478 e. The molecule has 21 heavy (non-hydrogen) atoms. The topological polar surface area (TPSA) is 48.7 Å². The Hall–Kier alpha value is -1.85. The van der Waals surface area contributed by atoms with Gasteiger partial charge in [0.05, 0.1) is 5.56 Å². The zero-order valence-electron chi connectivity index (χ0n) is 12.5. The van der Waals surface area contributed by atoms with Crippen molar-refractivity contribution in [3.8, 4) is 0 Å². The molecule has 1 fully saturated rings. The molecule has 0 saturated carbocycles. The van der Waals surface area contributed by atoms with Crippen LogP contribution in [0.5, 0.6) is 0 Å². The number of likely N-dealkylation sites (N-methyl/N-ethyl adjacent to an activating group) is 1. The highest BCUT2D eigenvalue weighted by Crippen LogP contribution is 2.23. The van der Waals surface area contributed by atoms with E-state index < -0.39 is 5.97 Å². The minimum atomic E-state index is -0.876. The number of nitrogens with zero attached hydrogens (tertiary/aromatic N) is 3. The molecule has 1 aliphatic heterocycles. The van der Waals surface area contributed by atoms with Gasteiger partial charge in [0.2, 0.25) is 0 Å². The van der Waals surface area contributed by atoms with Crippen molar-refractivity contribution in [3.63, 3.8) is 0 Å². The molecule has 112 valence electrons. The van der Waals surface area contributed by atoms with Gasteiger partial charge in [0.25, 0.3) is 0 Å². The third kappa shape index (κ3) is 2.80. The van der Waals surface area contributed by atoms with Gasteiger partial charge in [-0.05, 0) is 24.7 Å². The molecule has 0 spiro atoms. The lowest BCUT2D eigenvalue weighted by Crippen LogP contribution is -2.43. The molecule has 1 aliphatic rings. The molecule has 1 aromatic carbocycles. The second-order valence-electron chi connectivity index (χ2n) is 5.88. The summed E-state index contributed by atoms with van der Waals surface area (Å²) in [6.45, 7) is 5.31. The van der Waals surface area contributed by atoms with Crippen LogP contribution in [-0.4, -0.2) is 58.7 Å². The molecular weight excluding hydrogens is 266 g/mol. The number of fused-ring (bicyclic) bond motifs is 1. The van der Waals surface area contributed by atoms with E-state index in [9.17, 15) is 4.79 Å². The van der Waals surface area contributed by atoms with Gasteiger partial charge in [0.15, 0.2) is 0 Å². The Morgan fingerprint density at radius 3 is 2.57 bits per heavy atom. The van der Waals surface area contributed by atoms with E-state index in [2.05, 4.69) is 23.0 Å². The van der Waals surface area contributed by atoms with Gasteiger partial charge in [-0.15, -0.1) is 0 Å². The van der Waals surface area contributed by atoms with Crippen molar-refractivity contribution >= 4 is 16.9 Å². The second kappa shape index (κ2) is 5.50. The highest BCUT2D eigenvalue weighted by molar-refractivity contribution is 5.94. The van der Waals surface area contributed by atoms with Gasteiger partial charge in [-0.1, -0.05) is 6.07 Å². The summed E-state index contributed by atoms with van der Waals surface area (Å²) >= 11 is 0. The second-order valence-corrected chi connectivity index (χ2v) is 5.88. The van der Waals surface area contributed by atoms with Gasteiger partial charge in [-0.3, -0.25) is 4.90 Å². The fourth-order valence-electron chi connectivity index (χ4n) is 2.97. The minimum Gasteiger partial charge on any atom is -0.478 e. The van der Waals surface area contributed by atoms with Crippen molar-refractivity contribution in [1.29, 1.82) is 0 Å². The fourth-order valence-corrected chi connectivity index (χ4v) is 2.97. The van der Waals surface area contributed by atoms with Gasteiger partial charge < -0.3 is 14.6 Å². The summed E-state index contributed by atoms with van der Waals surface area (Å²) in [6, 6.07) is 5.38. The Balaban J connectivity index is 1.87. The fraction of sp³-hybridized carbons (Fsp3) is 0.438. The average molecular weight is 287 g/mol. The van der Waals surface area contributed by atoms with Gasteiger partial charge in [0.1, 0.15) is 0 Å². The molecule has 0 radical (unpaired) electrons. The lowest BCUT2D eigenvalue weighted by molar-refractivity contribution is 0.0697. The molecule has 0 aliphatic carbocycles. The van der Waals surface area contributed by atoms with Crippen LogP contribution in [0.2, 0.25) is 0 Å². The number of aryl methyl sites for hydroxylation is 1. The Kier molecular flexibility index (Phi) is 3.69. The van der Waals surface area contributed by atoms with Gasteiger partial charge in [-0.25, -0.2) is 4.79 Å². The molecule has 1 N–H and O–H groups in total. The van der Waals surface area contributed by atoms with E-state index in [1.807, 2.05) is 17.7 Å². The first-order valence-corrected chi connectivity index (χ1v) is 7.27. The first kappa shape index (κ1) is 14.1. The number of aromatic nitrogens is 1. The van der Waals surface area contributed by atoms with Crippen LogP contribution >= 0.6 is 0 Å². The summed E-state index contributed by atoms with van der Waals surface area (Å²) in [4.78, 5) is 15.9. The first-order chi connectivity index (χ1) is 10.0. The van der Waals surface area contributed by atoms with E-state index >= 15 is 0 Å². The maximum Gasteiger partial charge on any atom is 0.335 e. The smallest absolute Gasteiger partial charge is 0.335 e. The number of carboxylic acids is 1. The van der Waals surface area contributed by atoms with Crippen molar-refractivity contribution in [1.82, 2.24) is 14.4 Å². The zero-order valence-corrected chi connectivity index (χ0v) is 12.5. The standard InChI is InChI=1S/C16H21N3O2/c1-17-5-7-19(8-6-17)11-13-10-18(2)15-9-12(16(20)21)3-4-14(13)15/h3-4,9-10H,5-8,11H2,1-2H3,(H,20,21). The summed E-state index contributed by atoms with van der Waals surface area (Å²) in [5.41, 5.74) is 2.60. The number of carbonyl (C=O) groups is 1. The van der Waals surface area contributed by atoms with Gasteiger partial charge in [0, 0.05) is 56.9 Å². The predicted molar refractivity (Wildman–Crippen MR) is 82.7 cm³/mol. The summed E-state index contributed by atoms with van der Waals surface area (Å²) < 4.78 is 2.02. The third-order valence-corrected chi connectivity index (χ3v) is 4.31. The molecule has 0 atom stereocenters. The van der Waals surface area contributed by atoms with E-state index in [1.54, 1.807) is 12.1 Å². The Labute approximate surface area is 124 Å². The van der Waals surface area contributed by atoms with E-state index in [1.165, 1.54) is 5.56 Å².